The molecule has 3 aromatic rings. The highest BCUT2D eigenvalue weighted by Crippen LogP contribution is 2.34. The molecule has 1 aromatic heterocycles. The highest BCUT2D eigenvalue weighted by atomic mass is 32.1. The first-order valence-electron chi connectivity index (χ1n) is 14.7. The fourth-order valence-corrected chi connectivity index (χ4v) is 5.92. The summed E-state index contributed by atoms with van der Waals surface area (Å²) in [5.41, 5.74) is 3.89. The number of nitro benzene ring substituents is 1. The maximum absolute atomic E-state index is 12.7. The van der Waals surface area contributed by atoms with E-state index in [1.165, 1.54) is 65.1 Å². The Hall–Kier alpha value is -3.78. The minimum atomic E-state index is -0.481. The maximum Gasteiger partial charge on any atom is 0.348 e. The standard InChI is InChI=1S/C25H29NO4.C9H12O2S/c1-3-4-5-9-24(30-25(27)21-14-16-22(17-15-21)26(28)29)20-12-10-19(11-13-20)23-8-6-7-18(23)2;1-3-4-7-5-6-8(12-7)9(10)11-2/h8,10-18,24H,3-7,9H2,1-2H3;5-6H,3-4H2,1-2H3/t18?,24-;/m1./s1. The van der Waals surface area contributed by atoms with Crippen LogP contribution in [0.25, 0.3) is 5.57 Å². The van der Waals surface area contributed by atoms with Gasteiger partial charge in [0.2, 0.25) is 0 Å². The molecule has 0 saturated carbocycles. The molecule has 0 bridgehead atoms. The number of nitro groups is 1. The Morgan fingerprint density at radius 2 is 1.69 bits per heavy atom. The first-order chi connectivity index (χ1) is 20.3. The van der Waals surface area contributed by atoms with E-state index in [4.69, 9.17) is 4.74 Å². The van der Waals surface area contributed by atoms with E-state index in [2.05, 4.69) is 55.8 Å². The number of unbranched alkanes of at least 4 members (excludes halogenated alkanes) is 2. The van der Waals surface area contributed by atoms with E-state index in [9.17, 15) is 19.7 Å². The number of carbonyl (C=O) groups excluding carboxylic acids is 2. The lowest BCUT2D eigenvalue weighted by atomic mass is 9.94. The number of nitrogens with zero attached hydrogens (tertiary/aromatic N) is 1. The Bertz CT molecular complexity index is 1340. The molecule has 0 amide bonds. The number of carbonyl (C=O) groups is 2. The monoisotopic (exact) mass is 591 g/mol. The molecule has 42 heavy (non-hydrogen) atoms. The molecule has 1 aliphatic rings. The summed E-state index contributed by atoms with van der Waals surface area (Å²) in [6.45, 7) is 6.52. The van der Waals surface area contributed by atoms with E-state index in [0.717, 1.165) is 50.5 Å². The fourth-order valence-electron chi connectivity index (χ4n) is 4.90. The molecule has 0 aliphatic heterocycles. The molecule has 7 nitrogen and oxygen atoms in total. The summed E-state index contributed by atoms with van der Waals surface area (Å²) in [6, 6.07) is 17.7. The summed E-state index contributed by atoms with van der Waals surface area (Å²) in [4.78, 5) is 36.0. The maximum atomic E-state index is 12.7. The Kier molecular flexibility index (Phi) is 12.9. The molecule has 1 heterocycles. The lowest BCUT2D eigenvalue weighted by Crippen LogP contribution is -2.12. The van der Waals surface area contributed by atoms with Crippen molar-refractivity contribution in [3.63, 3.8) is 0 Å². The lowest BCUT2D eigenvalue weighted by molar-refractivity contribution is -0.384. The van der Waals surface area contributed by atoms with Gasteiger partial charge in [-0.05, 0) is 79.0 Å². The second kappa shape index (κ2) is 16.6. The van der Waals surface area contributed by atoms with Crippen LogP contribution in [0, 0.1) is 16.0 Å². The molecule has 224 valence electrons. The highest BCUT2D eigenvalue weighted by Gasteiger charge is 2.20. The van der Waals surface area contributed by atoms with Crippen molar-refractivity contribution < 1.29 is 24.0 Å². The number of esters is 2. The van der Waals surface area contributed by atoms with Crippen LogP contribution in [0.1, 0.15) is 108 Å². The summed E-state index contributed by atoms with van der Waals surface area (Å²) < 4.78 is 10.4. The van der Waals surface area contributed by atoms with Gasteiger partial charge in [-0.25, -0.2) is 9.59 Å². The number of methoxy groups -OCH3 is 1. The number of hydrogen-bond acceptors (Lipinski definition) is 7. The number of rotatable bonds is 12. The van der Waals surface area contributed by atoms with Crippen LogP contribution in [-0.4, -0.2) is 24.0 Å². The van der Waals surface area contributed by atoms with E-state index < -0.39 is 10.9 Å². The number of benzene rings is 2. The molecule has 0 spiro atoms. The van der Waals surface area contributed by atoms with Gasteiger partial charge in [-0.2, -0.15) is 0 Å². The normalized spacial score (nSPS) is 14.8. The lowest BCUT2D eigenvalue weighted by Gasteiger charge is -2.19. The summed E-state index contributed by atoms with van der Waals surface area (Å²) >= 11 is 1.52. The Balaban J connectivity index is 0.000000337. The van der Waals surface area contributed by atoms with Crippen molar-refractivity contribution in [2.24, 2.45) is 5.92 Å². The fraction of sp³-hybridized carbons (Fsp3) is 0.412. The van der Waals surface area contributed by atoms with Crippen LogP contribution < -0.4 is 0 Å². The van der Waals surface area contributed by atoms with Gasteiger partial charge in [0.05, 0.1) is 17.6 Å². The van der Waals surface area contributed by atoms with E-state index in [1.54, 1.807) is 0 Å². The number of hydrogen-bond donors (Lipinski definition) is 0. The van der Waals surface area contributed by atoms with Crippen molar-refractivity contribution in [2.75, 3.05) is 7.11 Å². The van der Waals surface area contributed by atoms with Gasteiger partial charge in [-0.1, -0.05) is 70.4 Å². The SMILES string of the molecule is CCCCC[C@@H](OC(=O)c1ccc([N+](=O)[O-])cc1)c1ccc(C2=CCCC2C)cc1.CCCc1ccc(C(=O)OC)s1. The zero-order valence-corrected chi connectivity index (χ0v) is 25.8. The number of allylic oxidation sites excluding steroid dienone is 2. The second-order valence-electron chi connectivity index (χ2n) is 10.5. The number of thiophene rings is 1. The molecular formula is C34H41NO6S. The smallest absolute Gasteiger partial charge is 0.348 e. The van der Waals surface area contributed by atoms with E-state index in [0.29, 0.717) is 16.4 Å². The van der Waals surface area contributed by atoms with Gasteiger partial charge in [-0.3, -0.25) is 10.1 Å². The summed E-state index contributed by atoms with van der Waals surface area (Å²) in [5, 5.41) is 10.8. The average Bonchev–Trinajstić information content (AvgIpc) is 3.66. The molecule has 1 unspecified atom stereocenters. The summed E-state index contributed by atoms with van der Waals surface area (Å²) in [5.74, 6) is -0.110. The van der Waals surface area contributed by atoms with Crippen molar-refractivity contribution in [2.45, 2.75) is 78.2 Å². The van der Waals surface area contributed by atoms with Crippen molar-refractivity contribution in [3.05, 3.63) is 103 Å². The molecule has 2 atom stereocenters. The van der Waals surface area contributed by atoms with E-state index in [-0.39, 0.29) is 17.8 Å². The van der Waals surface area contributed by atoms with Gasteiger partial charge < -0.3 is 9.47 Å². The topological polar surface area (TPSA) is 95.7 Å². The molecule has 1 aliphatic carbocycles. The number of non-ortho nitro benzene ring substituents is 1. The third kappa shape index (κ3) is 9.38. The molecular weight excluding hydrogens is 550 g/mol. The second-order valence-corrected chi connectivity index (χ2v) is 11.6. The van der Waals surface area contributed by atoms with Gasteiger partial charge in [0, 0.05) is 17.0 Å². The third-order valence-corrected chi connectivity index (χ3v) is 8.41. The van der Waals surface area contributed by atoms with E-state index >= 15 is 0 Å². The van der Waals surface area contributed by atoms with Crippen LogP contribution in [0.2, 0.25) is 0 Å². The highest BCUT2D eigenvalue weighted by molar-refractivity contribution is 7.13. The molecule has 0 radical (unpaired) electrons. The average molecular weight is 592 g/mol. The van der Waals surface area contributed by atoms with Gasteiger partial charge in [0.1, 0.15) is 11.0 Å². The van der Waals surface area contributed by atoms with Crippen molar-refractivity contribution in [3.8, 4) is 0 Å². The van der Waals surface area contributed by atoms with Crippen LogP contribution in [0.15, 0.2) is 66.7 Å². The first kappa shape index (κ1) is 32.7. The molecule has 4 rings (SSSR count). The first-order valence-corrected chi connectivity index (χ1v) is 15.5. The van der Waals surface area contributed by atoms with Gasteiger partial charge >= 0.3 is 11.9 Å². The third-order valence-electron chi connectivity index (χ3n) is 7.29. The van der Waals surface area contributed by atoms with Crippen molar-refractivity contribution in [1.29, 1.82) is 0 Å². The van der Waals surface area contributed by atoms with Crippen LogP contribution >= 0.6 is 11.3 Å². The molecule has 0 fully saturated rings. The Morgan fingerprint density at radius 3 is 2.26 bits per heavy atom. The quantitative estimate of drug-likeness (QED) is 0.0901. The van der Waals surface area contributed by atoms with Gasteiger partial charge in [-0.15, -0.1) is 11.3 Å². The predicted octanol–water partition coefficient (Wildman–Crippen LogP) is 9.37. The molecule has 0 saturated heterocycles. The number of aryl methyl sites for hydroxylation is 1. The molecule has 0 N–H and O–H groups in total. The molecule has 2 aromatic carbocycles. The molecule has 8 heteroatoms. The summed E-state index contributed by atoms with van der Waals surface area (Å²) in [7, 11) is 1.40. The zero-order valence-electron chi connectivity index (χ0n) is 25.0. The summed E-state index contributed by atoms with van der Waals surface area (Å²) in [6.07, 6.45) is 10.4. The largest absolute Gasteiger partial charge is 0.465 e. The zero-order chi connectivity index (χ0) is 30.5. The number of ether oxygens (including phenoxy) is 2. The van der Waals surface area contributed by atoms with Crippen LogP contribution in [0.5, 0.6) is 0 Å². The minimum Gasteiger partial charge on any atom is -0.465 e. The van der Waals surface area contributed by atoms with Crippen LogP contribution in [-0.2, 0) is 15.9 Å². The van der Waals surface area contributed by atoms with Crippen molar-refractivity contribution >= 4 is 34.5 Å². The van der Waals surface area contributed by atoms with Gasteiger partial charge in [0.15, 0.2) is 0 Å². The Morgan fingerprint density at radius 1 is 0.976 bits per heavy atom. The van der Waals surface area contributed by atoms with Crippen LogP contribution in [0.3, 0.4) is 0 Å². The predicted molar refractivity (Wildman–Crippen MR) is 168 cm³/mol. The van der Waals surface area contributed by atoms with Gasteiger partial charge in [0.25, 0.3) is 5.69 Å². The van der Waals surface area contributed by atoms with Crippen LogP contribution in [0.4, 0.5) is 5.69 Å². The van der Waals surface area contributed by atoms with E-state index in [1.807, 2.05) is 12.1 Å². The van der Waals surface area contributed by atoms with Crippen molar-refractivity contribution in [1.82, 2.24) is 0 Å². The minimum absolute atomic E-state index is 0.0444. The Labute approximate surface area is 252 Å².